The number of piperazine rings is 1. The highest BCUT2D eigenvalue weighted by Gasteiger charge is 2.16. The SMILES string of the molecule is COc1cc(SCCN2CCN(C)CC2)ccc1[N+](=O)[O-]. The smallest absolute Gasteiger partial charge is 0.310 e. The second kappa shape index (κ2) is 7.63. The molecular weight excluding hydrogens is 290 g/mol. The Labute approximate surface area is 129 Å². The zero-order valence-corrected chi connectivity index (χ0v) is 13.3. The van der Waals surface area contributed by atoms with Crippen molar-refractivity contribution < 1.29 is 9.66 Å². The monoisotopic (exact) mass is 311 g/mol. The van der Waals surface area contributed by atoms with Crippen LogP contribution < -0.4 is 4.74 Å². The van der Waals surface area contributed by atoms with Crippen molar-refractivity contribution in [2.24, 2.45) is 0 Å². The summed E-state index contributed by atoms with van der Waals surface area (Å²) >= 11 is 1.71. The molecule has 6 nitrogen and oxygen atoms in total. The van der Waals surface area contributed by atoms with Crippen LogP contribution in [0.2, 0.25) is 0 Å². The molecule has 0 aliphatic carbocycles. The van der Waals surface area contributed by atoms with Gasteiger partial charge in [-0.2, -0.15) is 0 Å². The Morgan fingerprint density at radius 2 is 2.05 bits per heavy atom. The zero-order chi connectivity index (χ0) is 15.2. The van der Waals surface area contributed by atoms with E-state index in [1.165, 1.54) is 13.2 Å². The van der Waals surface area contributed by atoms with Gasteiger partial charge in [0.1, 0.15) is 0 Å². The lowest BCUT2D eigenvalue weighted by atomic mass is 10.3. The van der Waals surface area contributed by atoms with Gasteiger partial charge in [0.25, 0.3) is 0 Å². The fraction of sp³-hybridized carbons (Fsp3) is 0.571. The van der Waals surface area contributed by atoms with Crippen molar-refractivity contribution in [1.82, 2.24) is 9.80 Å². The number of hydrogen-bond donors (Lipinski definition) is 0. The van der Waals surface area contributed by atoms with Crippen molar-refractivity contribution in [3.05, 3.63) is 28.3 Å². The van der Waals surface area contributed by atoms with E-state index < -0.39 is 4.92 Å². The van der Waals surface area contributed by atoms with E-state index in [4.69, 9.17) is 4.74 Å². The van der Waals surface area contributed by atoms with Crippen molar-refractivity contribution in [2.45, 2.75) is 4.90 Å². The first-order valence-electron chi connectivity index (χ1n) is 6.96. The molecule has 7 heteroatoms. The minimum Gasteiger partial charge on any atom is -0.490 e. The summed E-state index contributed by atoms with van der Waals surface area (Å²) in [7, 11) is 3.61. The quantitative estimate of drug-likeness (QED) is 0.455. The van der Waals surface area contributed by atoms with E-state index in [1.54, 1.807) is 23.9 Å². The van der Waals surface area contributed by atoms with E-state index in [0.29, 0.717) is 5.75 Å². The molecule has 21 heavy (non-hydrogen) atoms. The number of nitrogens with zero attached hydrogens (tertiary/aromatic N) is 3. The van der Waals surface area contributed by atoms with Gasteiger partial charge in [-0.25, -0.2) is 0 Å². The molecule has 1 aliphatic heterocycles. The summed E-state index contributed by atoms with van der Waals surface area (Å²) in [6.45, 7) is 5.51. The summed E-state index contributed by atoms with van der Waals surface area (Å²) in [5.74, 6) is 1.30. The normalized spacial score (nSPS) is 16.9. The van der Waals surface area contributed by atoms with Gasteiger partial charge in [0.2, 0.25) is 0 Å². The molecule has 1 fully saturated rings. The molecule has 0 atom stereocenters. The lowest BCUT2D eigenvalue weighted by molar-refractivity contribution is -0.385. The molecule has 0 radical (unpaired) electrons. The van der Waals surface area contributed by atoms with Crippen molar-refractivity contribution in [2.75, 3.05) is 52.6 Å². The van der Waals surface area contributed by atoms with Crippen LogP contribution in [0.25, 0.3) is 0 Å². The first-order chi connectivity index (χ1) is 10.1. The fourth-order valence-corrected chi connectivity index (χ4v) is 3.20. The van der Waals surface area contributed by atoms with Crippen LogP contribution in [0.3, 0.4) is 0 Å². The average Bonchev–Trinajstić information content (AvgIpc) is 2.49. The van der Waals surface area contributed by atoms with Crippen LogP contribution in [0.1, 0.15) is 0 Å². The second-order valence-electron chi connectivity index (χ2n) is 5.08. The highest BCUT2D eigenvalue weighted by atomic mass is 32.2. The Morgan fingerprint density at radius 3 is 2.67 bits per heavy atom. The largest absolute Gasteiger partial charge is 0.490 e. The molecule has 116 valence electrons. The van der Waals surface area contributed by atoms with Gasteiger partial charge in [0, 0.05) is 55.5 Å². The summed E-state index contributed by atoms with van der Waals surface area (Å²) in [5, 5.41) is 10.8. The number of methoxy groups -OCH3 is 1. The molecule has 0 saturated carbocycles. The minimum atomic E-state index is -0.419. The first kappa shape index (κ1) is 16.1. The van der Waals surface area contributed by atoms with Crippen molar-refractivity contribution in [3.63, 3.8) is 0 Å². The maximum atomic E-state index is 10.8. The maximum Gasteiger partial charge on any atom is 0.310 e. The van der Waals surface area contributed by atoms with Gasteiger partial charge in [0.05, 0.1) is 12.0 Å². The molecule has 0 unspecified atom stereocenters. The summed E-state index contributed by atoms with van der Waals surface area (Å²) in [4.78, 5) is 16.2. The Balaban J connectivity index is 1.84. The average molecular weight is 311 g/mol. The fourth-order valence-electron chi connectivity index (χ4n) is 2.26. The molecule has 0 bridgehead atoms. The van der Waals surface area contributed by atoms with E-state index in [0.717, 1.165) is 43.4 Å². The molecule has 1 aliphatic rings. The predicted octanol–water partition coefficient (Wildman–Crippen LogP) is 1.94. The number of nitro benzene ring substituents is 1. The number of hydrogen-bond acceptors (Lipinski definition) is 6. The Morgan fingerprint density at radius 1 is 1.33 bits per heavy atom. The van der Waals surface area contributed by atoms with E-state index in [2.05, 4.69) is 16.8 Å². The Hall–Kier alpha value is -1.31. The standard InChI is InChI=1S/C14H21N3O3S/c1-15-5-7-16(8-6-15)9-10-21-12-3-4-13(17(18)19)14(11-12)20-2/h3-4,11H,5-10H2,1-2H3. The number of nitro groups is 1. The van der Waals surface area contributed by atoms with Gasteiger partial charge in [-0.3, -0.25) is 15.0 Å². The number of thioether (sulfide) groups is 1. The third-order valence-electron chi connectivity index (χ3n) is 3.62. The van der Waals surface area contributed by atoms with Crippen LogP contribution in [0.5, 0.6) is 5.75 Å². The molecule has 1 aromatic rings. The third-order valence-corrected chi connectivity index (χ3v) is 4.59. The third kappa shape index (κ3) is 4.59. The van der Waals surface area contributed by atoms with Crippen LogP contribution in [-0.4, -0.2) is 67.4 Å². The first-order valence-corrected chi connectivity index (χ1v) is 7.95. The Bertz CT molecular complexity index is 490. The van der Waals surface area contributed by atoms with Gasteiger partial charge < -0.3 is 9.64 Å². The predicted molar refractivity (Wildman–Crippen MR) is 84.3 cm³/mol. The van der Waals surface area contributed by atoms with Crippen LogP contribution in [0, 0.1) is 10.1 Å². The Kier molecular flexibility index (Phi) is 5.84. The van der Waals surface area contributed by atoms with E-state index >= 15 is 0 Å². The van der Waals surface area contributed by atoms with Crippen LogP contribution in [-0.2, 0) is 0 Å². The number of benzene rings is 1. The molecular formula is C14H21N3O3S. The maximum absolute atomic E-state index is 10.8. The van der Waals surface area contributed by atoms with Crippen LogP contribution in [0.15, 0.2) is 23.1 Å². The molecule has 0 spiro atoms. The minimum absolute atomic E-state index is 0.0147. The van der Waals surface area contributed by atoms with Gasteiger partial charge in [0.15, 0.2) is 5.75 Å². The molecule has 1 aromatic carbocycles. The van der Waals surface area contributed by atoms with Gasteiger partial charge in [-0.1, -0.05) is 0 Å². The van der Waals surface area contributed by atoms with Crippen molar-refractivity contribution >= 4 is 17.4 Å². The second-order valence-corrected chi connectivity index (χ2v) is 6.25. The molecule has 1 saturated heterocycles. The van der Waals surface area contributed by atoms with E-state index in [-0.39, 0.29) is 5.69 Å². The molecule has 0 amide bonds. The van der Waals surface area contributed by atoms with Crippen LogP contribution >= 0.6 is 11.8 Å². The molecule has 0 N–H and O–H groups in total. The van der Waals surface area contributed by atoms with E-state index in [1.807, 2.05) is 0 Å². The summed E-state index contributed by atoms with van der Waals surface area (Å²) in [6.07, 6.45) is 0. The van der Waals surface area contributed by atoms with Gasteiger partial charge in [-0.05, 0) is 13.1 Å². The lowest BCUT2D eigenvalue weighted by Gasteiger charge is -2.32. The van der Waals surface area contributed by atoms with E-state index in [9.17, 15) is 10.1 Å². The molecule has 2 rings (SSSR count). The highest BCUT2D eigenvalue weighted by Crippen LogP contribution is 2.31. The van der Waals surface area contributed by atoms with Crippen molar-refractivity contribution in [3.8, 4) is 5.75 Å². The highest BCUT2D eigenvalue weighted by molar-refractivity contribution is 7.99. The zero-order valence-electron chi connectivity index (χ0n) is 12.4. The lowest BCUT2D eigenvalue weighted by Crippen LogP contribution is -2.45. The summed E-state index contributed by atoms with van der Waals surface area (Å²) < 4.78 is 5.08. The van der Waals surface area contributed by atoms with Crippen molar-refractivity contribution in [1.29, 1.82) is 0 Å². The number of likely N-dealkylation sites (N-methyl/N-ethyl adjacent to an activating group) is 1. The number of ether oxygens (including phenoxy) is 1. The summed E-state index contributed by atoms with van der Waals surface area (Å²) in [6, 6.07) is 5.04. The number of rotatable bonds is 6. The topological polar surface area (TPSA) is 58.8 Å². The van der Waals surface area contributed by atoms with Gasteiger partial charge in [-0.15, -0.1) is 11.8 Å². The summed E-state index contributed by atoms with van der Waals surface area (Å²) in [5.41, 5.74) is 0.0147. The molecule has 1 heterocycles. The van der Waals surface area contributed by atoms with Crippen LogP contribution in [0.4, 0.5) is 5.69 Å². The van der Waals surface area contributed by atoms with Gasteiger partial charge >= 0.3 is 5.69 Å². The molecule has 0 aromatic heterocycles.